The maximum Gasteiger partial charge on any atom is 0.355 e. The minimum Gasteiger partial charge on any atom is -0.493 e. The van der Waals surface area contributed by atoms with E-state index < -0.39 is 52.3 Å². The molecule has 85 heavy (non-hydrogen) atoms. The number of benzene rings is 4. The lowest BCUT2D eigenvalue weighted by Gasteiger charge is -2.37. The first-order chi connectivity index (χ1) is 41.0. The average Bonchev–Trinajstić information content (AvgIpc) is 3.81. The van der Waals surface area contributed by atoms with Crippen LogP contribution in [0.15, 0.2) is 103 Å². The first-order valence-corrected chi connectivity index (χ1v) is 32.0. The summed E-state index contributed by atoms with van der Waals surface area (Å²) in [4.78, 5) is 85.9. The van der Waals surface area contributed by atoms with Crippen LogP contribution in [0.25, 0.3) is 31.8 Å². The van der Waals surface area contributed by atoms with Gasteiger partial charge >= 0.3 is 5.97 Å². The van der Waals surface area contributed by atoms with Crippen molar-refractivity contribution in [3.05, 3.63) is 142 Å². The largest absolute Gasteiger partial charge is 0.493 e. The number of carboxylic acids is 1. The predicted octanol–water partition coefficient (Wildman–Crippen LogP) is 11.9. The number of pyridine rings is 1. The number of thioether (sulfide) groups is 1. The molecule has 3 atom stereocenters. The van der Waals surface area contributed by atoms with Crippen molar-refractivity contribution in [1.29, 1.82) is 0 Å². The number of likely N-dealkylation sites (tertiary alicyclic amines) is 1. The quantitative estimate of drug-likeness (QED) is 0.0319. The number of carboxylic acid groups (broad SMARTS) is 1. The number of anilines is 2. The summed E-state index contributed by atoms with van der Waals surface area (Å²) in [7, 11) is 0. The zero-order chi connectivity index (χ0) is 59.8. The molecule has 16 nitrogen and oxygen atoms in total. The lowest BCUT2D eigenvalue weighted by molar-refractivity contribution is -0.143. The summed E-state index contributed by atoms with van der Waals surface area (Å²) in [5.41, 5.74) is 7.96. The Morgan fingerprint density at radius 3 is 2.34 bits per heavy atom. The lowest BCUT2D eigenvalue weighted by Crippen LogP contribution is -2.61. The SMILES string of the molecule is Cc1ncsc1-c1ccc(CNC(=O)[C@@H]2C[C@@H](O)CN2C(=O)C(NC(=O)C2(F)CC2)C(C)(C)SCCCCCCCCCCOc2cccc(-c3ccc(N4CCc5cccc(C(=O)Nc6nc7ccccc7s6)c5C4)nc3C(=O)O)c2C)cc1. The highest BCUT2D eigenvalue weighted by molar-refractivity contribution is 8.00. The number of rotatable bonds is 26. The van der Waals surface area contributed by atoms with Crippen molar-refractivity contribution in [2.45, 2.75) is 146 Å². The highest BCUT2D eigenvalue weighted by Crippen LogP contribution is 2.42. The number of hydrogen-bond donors (Lipinski definition) is 5. The van der Waals surface area contributed by atoms with E-state index in [0.717, 1.165) is 106 Å². The molecule has 4 amide bonds. The van der Waals surface area contributed by atoms with Crippen LogP contribution in [0.2, 0.25) is 0 Å². The topological polar surface area (TPSA) is 216 Å². The van der Waals surface area contributed by atoms with Gasteiger partial charge in [-0.3, -0.25) is 24.5 Å². The van der Waals surface area contributed by atoms with E-state index in [0.29, 0.717) is 59.7 Å². The van der Waals surface area contributed by atoms with E-state index in [-0.39, 0.29) is 44.0 Å². The summed E-state index contributed by atoms with van der Waals surface area (Å²) in [6, 6.07) is 28.6. The van der Waals surface area contributed by atoms with Crippen LogP contribution >= 0.6 is 34.4 Å². The van der Waals surface area contributed by atoms with E-state index in [2.05, 4.69) is 25.9 Å². The van der Waals surface area contributed by atoms with Crippen molar-refractivity contribution in [2.75, 3.05) is 35.7 Å². The molecule has 1 saturated carbocycles. The van der Waals surface area contributed by atoms with Crippen LogP contribution in [0.4, 0.5) is 15.3 Å². The number of aliphatic hydroxyl groups excluding tert-OH is 1. The molecule has 7 aromatic rings. The maximum atomic E-state index is 15.1. The van der Waals surface area contributed by atoms with Gasteiger partial charge in [0.2, 0.25) is 11.8 Å². The Balaban J connectivity index is 0.655. The summed E-state index contributed by atoms with van der Waals surface area (Å²) in [6.07, 6.45) is 7.94. The molecule has 2 aliphatic heterocycles. The molecule has 2 fully saturated rings. The molecule has 1 unspecified atom stereocenters. The second kappa shape index (κ2) is 27.0. The standard InChI is InChI=1S/C65H73FN8O8S3/c1-40-46(47-27-28-54(70-55(47)61(79)80)73-32-29-43-17-15-19-48(49(43)38-73)58(76)72-63-69-50-20-11-12-22-53(50)85-63)18-16-21-52(40)82-33-13-9-7-5-6-8-10-14-34-84-64(3,4)57(71-62(81)65(66)30-31-65)60(78)74-37-45(75)35-51(74)59(77)67-36-42-23-25-44(26-24-42)56-41(2)68-39-83-56/h11-12,15-28,39,45,51,57,75H,5-10,13-14,29-38H2,1-4H3,(H,67,77)(H,71,81)(H,79,80)(H,69,72,76)/t45-,51+,57?/m1/s1. The van der Waals surface area contributed by atoms with E-state index >= 15 is 4.39 Å². The number of thiazole rings is 2. The Morgan fingerprint density at radius 2 is 1.61 bits per heavy atom. The molecule has 5 N–H and O–H groups in total. The summed E-state index contributed by atoms with van der Waals surface area (Å²) < 4.78 is 21.5. The number of hydrogen-bond acceptors (Lipinski definition) is 14. The smallest absolute Gasteiger partial charge is 0.355 e. The zero-order valence-electron chi connectivity index (χ0n) is 48.5. The number of ether oxygens (including phenoxy) is 1. The molecule has 5 heterocycles. The molecular formula is C65H73FN8O8S3. The third kappa shape index (κ3) is 14.5. The fraction of sp³-hybridized carbons (Fsp3) is 0.415. The van der Waals surface area contributed by atoms with Gasteiger partial charge < -0.3 is 35.4 Å². The van der Waals surface area contributed by atoms with E-state index in [1.165, 1.54) is 16.2 Å². The van der Waals surface area contributed by atoms with E-state index in [1.54, 1.807) is 23.1 Å². The minimum atomic E-state index is -2.00. The number of halogens is 1. The van der Waals surface area contributed by atoms with Gasteiger partial charge in [0, 0.05) is 48.5 Å². The van der Waals surface area contributed by atoms with Crippen LogP contribution in [0.3, 0.4) is 0 Å². The van der Waals surface area contributed by atoms with Gasteiger partial charge in [-0.1, -0.05) is 111 Å². The molecule has 1 aliphatic carbocycles. The Kier molecular flexibility index (Phi) is 19.3. The number of aromatic nitrogens is 3. The summed E-state index contributed by atoms with van der Waals surface area (Å²) in [5, 5.41) is 30.5. The number of aryl methyl sites for hydroxylation is 1. The number of β-amino-alcohol motifs (C(OH)–C–C–N with tert-alkyl or cyclic N) is 1. The Labute approximate surface area is 507 Å². The average molecular weight is 1210 g/mol. The molecule has 1 saturated heterocycles. The molecular weight excluding hydrogens is 1140 g/mol. The number of nitrogens with one attached hydrogen (secondary N) is 3. The van der Waals surface area contributed by atoms with Gasteiger partial charge in [-0.2, -0.15) is 11.8 Å². The highest BCUT2D eigenvalue weighted by Gasteiger charge is 2.54. The fourth-order valence-corrected chi connectivity index (χ4v) is 14.1. The monoisotopic (exact) mass is 1210 g/mol. The van der Waals surface area contributed by atoms with Crippen LogP contribution in [-0.2, 0) is 33.9 Å². The number of aromatic carboxylic acids is 1. The number of carbonyl (C=O) groups is 5. The van der Waals surface area contributed by atoms with Crippen molar-refractivity contribution >= 4 is 85.2 Å². The van der Waals surface area contributed by atoms with Crippen LogP contribution < -0.4 is 25.6 Å². The van der Waals surface area contributed by atoms with Crippen LogP contribution in [-0.4, -0.2) is 114 Å². The van der Waals surface area contributed by atoms with Crippen molar-refractivity contribution in [3.8, 4) is 27.3 Å². The fourth-order valence-electron chi connectivity index (χ4n) is 11.3. The number of para-hydroxylation sites is 1. The first kappa shape index (κ1) is 60.8. The number of aliphatic hydroxyl groups is 1. The van der Waals surface area contributed by atoms with Gasteiger partial charge in [-0.15, -0.1) is 11.3 Å². The number of fused-ring (bicyclic) bond motifs is 2. The highest BCUT2D eigenvalue weighted by atomic mass is 32.2. The Bertz CT molecular complexity index is 3540. The normalized spacial score (nSPS) is 16.6. The predicted molar refractivity (Wildman–Crippen MR) is 334 cm³/mol. The number of unbranched alkanes of at least 4 members (excludes halogenated alkanes) is 7. The van der Waals surface area contributed by atoms with Crippen molar-refractivity contribution in [3.63, 3.8) is 0 Å². The molecule has 0 radical (unpaired) electrons. The molecule has 3 aliphatic rings. The number of nitrogens with zero attached hydrogens (tertiary/aromatic N) is 5. The molecule has 0 bridgehead atoms. The third-order valence-electron chi connectivity index (χ3n) is 16.4. The molecule has 3 aromatic heterocycles. The van der Waals surface area contributed by atoms with Gasteiger partial charge in [0.25, 0.3) is 11.8 Å². The van der Waals surface area contributed by atoms with E-state index in [4.69, 9.17) is 9.72 Å². The molecule has 10 rings (SSSR count). The second-order valence-electron chi connectivity index (χ2n) is 22.9. The van der Waals surface area contributed by atoms with Gasteiger partial charge in [-0.25, -0.2) is 24.1 Å². The lowest BCUT2D eigenvalue weighted by atomic mass is 9.94. The van der Waals surface area contributed by atoms with Gasteiger partial charge in [0.1, 0.15) is 23.7 Å². The minimum absolute atomic E-state index is 0.0524. The maximum absolute atomic E-state index is 15.1. The summed E-state index contributed by atoms with van der Waals surface area (Å²) >= 11 is 4.53. The van der Waals surface area contributed by atoms with E-state index in [9.17, 15) is 34.2 Å². The molecule has 446 valence electrons. The number of amides is 4. The summed E-state index contributed by atoms with van der Waals surface area (Å²) in [5.74, 6) is -1.20. The van der Waals surface area contributed by atoms with Gasteiger partial charge in [0.05, 0.1) is 39.0 Å². The number of alkyl halides is 1. The van der Waals surface area contributed by atoms with Gasteiger partial charge in [-0.05, 0) is 135 Å². The Hall–Kier alpha value is -7.26. The van der Waals surface area contributed by atoms with Gasteiger partial charge in [0.15, 0.2) is 16.5 Å². The van der Waals surface area contributed by atoms with Crippen molar-refractivity contribution in [2.24, 2.45) is 0 Å². The van der Waals surface area contributed by atoms with Crippen molar-refractivity contribution in [1.82, 2.24) is 30.5 Å². The molecule has 4 aromatic carbocycles. The first-order valence-electron chi connectivity index (χ1n) is 29.4. The van der Waals surface area contributed by atoms with E-state index in [1.807, 2.05) is 135 Å². The van der Waals surface area contributed by atoms with Crippen LogP contribution in [0.5, 0.6) is 5.75 Å². The molecule has 0 spiro atoms. The molecule has 20 heteroatoms. The van der Waals surface area contributed by atoms with Crippen LogP contribution in [0.1, 0.15) is 133 Å². The van der Waals surface area contributed by atoms with Crippen LogP contribution in [0, 0.1) is 13.8 Å². The third-order valence-corrected chi connectivity index (χ3v) is 19.8. The zero-order valence-corrected chi connectivity index (χ0v) is 50.9. The summed E-state index contributed by atoms with van der Waals surface area (Å²) in [6.45, 7) is 9.30. The Morgan fingerprint density at radius 1 is 0.871 bits per heavy atom. The number of carbonyl (C=O) groups excluding carboxylic acids is 4. The second-order valence-corrected chi connectivity index (χ2v) is 26.6. The van der Waals surface area contributed by atoms with Crippen molar-refractivity contribution < 1.29 is 43.3 Å².